The fourth-order valence-electron chi connectivity index (χ4n) is 3.42. The number of hydrazone groups is 1. The number of carbonyl (C=O) groups excluding carboxylic acids is 1. The Balaban J connectivity index is 1.48. The van der Waals surface area contributed by atoms with Gasteiger partial charge in [0.2, 0.25) is 0 Å². The number of aromatic nitrogens is 1. The molecular formula is C20H19ClN4O. The van der Waals surface area contributed by atoms with Crippen LogP contribution in [0, 0.1) is 0 Å². The summed E-state index contributed by atoms with van der Waals surface area (Å²) in [6, 6.07) is 15.2. The average Bonchev–Trinajstić information content (AvgIpc) is 3.03. The highest BCUT2D eigenvalue weighted by Crippen LogP contribution is 2.31. The Hall–Kier alpha value is -2.63. The van der Waals surface area contributed by atoms with E-state index in [1.54, 1.807) is 18.3 Å². The SMILES string of the molecule is C[C@H]1N[C@H](C(=O)N/N=C/c2ccc(Cl)cc2)Cc2c1[nH]c1ccccc21. The molecule has 1 aromatic heterocycles. The molecule has 0 saturated heterocycles. The third-order valence-electron chi connectivity index (χ3n) is 4.71. The number of benzene rings is 2. The van der Waals surface area contributed by atoms with Crippen LogP contribution in [0.2, 0.25) is 5.02 Å². The van der Waals surface area contributed by atoms with E-state index in [2.05, 4.69) is 39.9 Å². The van der Waals surface area contributed by atoms with Crippen LogP contribution in [0.3, 0.4) is 0 Å². The maximum absolute atomic E-state index is 12.5. The monoisotopic (exact) mass is 366 g/mol. The van der Waals surface area contributed by atoms with Gasteiger partial charge in [-0.15, -0.1) is 0 Å². The Kier molecular flexibility index (Phi) is 4.49. The molecule has 0 radical (unpaired) electrons. The molecule has 2 atom stereocenters. The van der Waals surface area contributed by atoms with Crippen molar-refractivity contribution in [3.05, 3.63) is 70.4 Å². The van der Waals surface area contributed by atoms with Crippen molar-refractivity contribution in [3.63, 3.8) is 0 Å². The van der Waals surface area contributed by atoms with E-state index in [0.717, 1.165) is 16.8 Å². The van der Waals surface area contributed by atoms with Crippen LogP contribution in [0.4, 0.5) is 0 Å². The first-order chi connectivity index (χ1) is 12.6. The summed E-state index contributed by atoms with van der Waals surface area (Å²) in [5.41, 5.74) is 6.97. The number of aromatic amines is 1. The zero-order valence-corrected chi connectivity index (χ0v) is 15.0. The summed E-state index contributed by atoms with van der Waals surface area (Å²) in [5, 5.41) is 9.26. The molecule has 2 aromatic carbocycles. The van der Waals surface area contributed by atoms with Gasteiger partial charge in [-0.3, -0.25) is 10.1 Å². The van der Waals surface area contributed by atoms with E-state index in [0.29, 0.717) is 11.4 Å². The smallest absolute Gasteiger partial charge is 0.257 e. The predicted octanol–water partition coefficient (Wildman–Crippen LogP) is 3.55. The van der Waals surface area contributed by atoms with Crippen molar-refractivity contribution < 1.29 is 4.79 Å². The van der Waals surface area contributed by atoms with Crippen molar-refractivity contribution in [2.45, 2.75) is 25.4 Å². The van der Waals surface area contributed by atoms with E-state index in [9.17, 15) is 4.79 Å². The fourth-order valence-corrected chi connectivity index (χ4v) is 3.55. The van der Waals surface area contributed by atoms with E-state index >= 15 is 0 Å². The number of hydrogen-bond acceptors (Lipinski definition) is 3. The molecule has 132 valence electrons. The number of rotatable bonds is 3. The topological polar surface area (TPSA) is 69.3 Å². The van der Waals surface area contributed by atoms with Gasteiger partial charge in [-0.1, -0.05) is 41.9 Å². The number of carbonyl (C=O) groups is 1. The molecular weight excluding hydrogens is 348 g/mol. The molecule has 0 unspecified atom stereocenters. The van der Waals surface area contributed by atoms with Gasteiger partial charge in [0.1, 0.15) is 0 Å². The van der Waals surface area contributed by atoms with Crippen LogP contribution in [0.1, 0.15) is 29.8 Å². The summed E-state index contributed by atoms with van der Waals surface area (Å²) < 4.78 is 0. The Morgan fingerprint density at radius 1 is 1.23 bits per heavy atom. The number of nitrogens with zero attached hydrogens (tertiary/aromatic N) is 1. The first-order valence-corrected chi connectivity index (χ1v) is 8.93. The van der Waals surface area contributed by atoms with Crippen LogP contribution in [-0.2, 0) is 11.2 Å². The van der Waals surface area contributed by atoms with E-state index in [1.165, 1.54) is 10.9 Å². The lowest BCUT2D eigenvalue weighted by molar-refractivity contribution is -0.123. The first kappa shape index (κ1) is 16.8. The molecule has 6 heteroatoms. The van der Waals surface area contributed by atoms with Crippen molar-refractivity contribution in [2.75, 3.05) is 0 Å². The number of fused-ring (bicyclic) bond motifs is 3. The molecule has 3 N–H and O–H groups in total. The third-order valence-corrected chi connectivity index (χ3v) is 4.97. The molecule has 5 nitrogen and oxygen atoms in total. The maximum Gasteiger partial charge on any atom is 0.257 e. The van der Waals surface area contributed by atoms with Crippen molar-refractivity contribution in [1.29, 1.82) is 0 Å². The highest BCUT2D eigenvalue weighted by Gasteiger charge is 2.30. The second kappa shape index (κ2) is 6.94. The van der Waals surface area contributed by atoms with Crippen LogP contribution in [-0.4, -0.2) is 23.1 Å². The standard InChI is InChI=1S/C20H19ClN4O/c1-12-19-16(15-4-2-3-5-17(15)24-19)10-18(23-12)20(26)25-22-11-13-6-8-14(21)9-7-13/h2-9,11-12,18,23-24H,10H2,1H3,(H,25,26)/b22-11+/t12-,18+/m1/s1. The minimum Gasteiger partial charge on any atom is -0.357 e. The van der Waals surface area contributed by atoms with Gasteiger partial charge in [-0.2, -0.15) is 5.10 Å². The molecule has 1 aliphatic heterocycles. The molecule has 4 rings (SSSR count). The molecule has 0 aliphatic carbocycles. The summed E-state index contributed by atoms with van der Waals surface area (Å²) in [7, 11) is 0. The Morgan fingerprint density at radius 2 is 2.00 bits per heavy atom. The molecule has 26 heavy (non-hydrogen) atoms. The lowest BCUT2D eigenvalue weighted by Gasteiger charge is -2.27. The van der Waals surface area contributed by atoms with Crippen LogP contribution in [0.15, 0.2) is 53.6 Å². The number of H-pyrrole nitrogens is 1. The Labute approximate surface area is 156 Å². The van der Waals surface area contributed by atoms with E-state index in [1.807, 2.05) is 24.3 Å². The van der Waals surface area contributed by atoms with Crippen LogP contribution in [0.5, 0.6) is 0 Å². The Bertz CT molecular complexity index is 977. The Morgan fingerprint density at radius 3 is 2.81 bits per heavy atom. The highest BCUT2D eigenvalue weighted by molar-refractivity contribution is 6.30. The van der Waals surface area contributed by atoms with Crippen LogP contribution < -0.4 is 10.7 Å². The zero-order chi connectivity index (χ0) is 18.1. The molecule has 0 saturated carbocycles. The number of halogens is 1. The second-order valence-electron chi connectivity index (χ2n) is 6.49. The maximum atomic E-state index is 12.5. The van der Waals surface area contributed by atoms with Crippen LogP contribution in [0.25, 0.3) is 10.9 Å². The third kappa shape index (κ3) is 3.23. The summed E-state index contributed by atoms with van der Waals surface area (Å²) in [4.78, 5) is 16.0. The van der Waals surface area contributed by atoms with Gasteiger partial charge in [-0.05, 0) is 42.7 Å². The molecule has 1 aliphatic rings. The quantitative estimate of drug-likeness (QED) is 0.490. The van der Waals surface area contributed by atoms with Gasteiger partial charge in [0.15, 0.2) is 0 Å². The highest BCUT2D eigenvalue weighted by atomic mass is 35.5. The summed E-state index contributed by atoms with van der Waals surface area (Å²) in [5.74, 6) is -0.141. The fraction of sp³-hybridized carbons (Fsp3) is 0.200. The van der Waals surface area contributed by atoms with E-state index in [-0.39, 0.29) is 18.0 Å². The van der Waals surface area contributed by atoms with Crippen molar-refractivity contribution >= 4 is 34.6 Å². The lowest BCUT2D eigenvalue weighted by Crippen LogP contribution is -2.47. The van der Waals surface area contributed by atoms with E-state index in [4.69, 9.17) is 11.6 Å². The molecule has 0 spiro atoms. The average molecular weight is 367 g/mol. The normalized spacial score (nSPS) is 19.6. The molecule has 0 fully saturated rings. The number of nitrogens with one attached hydrogen (secondary N) is 3. The van der Waals surface area contributed by atoms with Gasteiger partial charge in [0.05, 0.1) is 12.3 Å². The number of hydrogen-bond donors (Lipinski definition) is 3. The number of para-hydroxylation sites is 1. The van der Waals surface area contributed by atoms with Gasteiger partial charge in [0, 0.05) is 27.7 Å². The lowest BCUT2D eigenvalue weighted by atomic mass is 9.94. The minimum atomic E-state index is -0.320. The van der Waals surface area contributed by atoms with Gasteiger partial charge < -0.3 is 4.98 Å². The summed E-state index contributed by atoms with van der Waals surface area (Å²) in [6.45, 7) is 2.06. The zero-order valence-electron chi connectivity index (χ0n) is 14.3. The summed E-state index contributed by atoms with van der Waals surface area (Å²) >= 11 is 5.86. The summed E-state index contributed by atoms with van der Waals surface area (Å²) in [6.07, 6.45) is 2.24. The van der Waals surface area contributed by atoms with Crippen molar-refractivity contribution in [2.24, 2.45) is 5.10 Å². The molecule has 1 amide bonds. The van der Waals surface area contributed by atoms with E-state index < -0.39 is 0 Å². The largest absolute Gasteiger partial charge is 0.357 e. The first-order valence-electron chi connectivity index (χ1n) is 8.56. The van der Waals surface area contributed by atoms with Gasteiger partial charge >= 0.3 is 0 Å². The van der Waals surface area contributed by atoms with Gasteiger partial charge in [0.25, 0.3) is 5.91 Å². The molecule has 0 bridgehead atoms. The molecule has 2 heterocycles. The molecule has 3 aromatic rings. The predicted molar refractivity (Wildman–Crippen MR) is 105 cm³/mol. The van der Waals surface area contributed by atoms with Crippen molar-refractivity contribution in [1.82, 2.24) is 15.7 Å². The minimum absolute atomic E-state index is 0.0714. The van der Waals surface area contributed by atoms with Gasteiger partial charge in [-0.25, -0.2) is 5.43 Å². The second-order valence-corrected chi connectivity index (χ2v) is 6.93. The van der Waals surface area contributed by atoms with Crippen LogP contribution >= 0.6 is 11.6 Å². The number of amides is 1. The van der Waals surface area contributed by atoms with Crippen molar-refractivity contribution in [3.8, 4) is 0 Å².